The summed E-state index contributed by atoms with van der Waals surface area (Å²) in [5.74, 6) is 1.00. The Morgan fingerprint density at radius 1 is 1.32 bits per heavy atom. The molecular weight excluding hydrogens is 236 g/mol. The van der Waals surface area contributed by atoms with E-state index in [1.165, 1.54) is 19.3 Å². The largest absolute Gasteiger partial charge is 0.392 e. The molecule has 1 aliphatic rings. The number of nitrogens with zero attached hydrogens (tertiary/aromatic N) is 2. The minimum atomic E-state index is 0.0796. The van der Waals surface area contributed by atoms with Crippen LogP contribution < -0.4 is 4.90 Å². The Balaban J connectivity index is 2.33. The highest BCUT2D eigenvalue weighted by Crippen LogP contribution is 2.39. The lowest BCUT2D eigenvalue weighted by atomic mass is 9.82. The van der Waals surface area contributed by atoms with Gasteiger partial charge in [-0.3, -0.25) is 0 Å². The quantitative estimate of drug-likeness (QED) is 0.905. The Kier molecular flexibility index (Phi) is 4.14. The van der Waals surface area contributed by atoms with Crippen LogP contribution in [0.3, 0.4) is 0 Å². The van der Waals surface area contributed by atoms with Crippen LogP contribution in [0.15, 0.2) is 6.07 Å². The molecule has 1 fully saturated rings. The fraction of sp³-hybridized carbons (Fsp3) is 0.688. The van der Waals surface area contributed by atoms with E-state index in [2.05, 4.69) is 36.7 Å². The standard InChI is InChI=1S/C16H26N2O/c1-5-16(6-2)7-8-18(11-16)15-14(10-19)12(3)9-13(4)17-15/h9,19H,5-8,10-11H2,1-4H3. The van der Waals surface area contributed by atoms with Gasteiger partial charge in [-0.15, -0.1) is 0 Å². The molecule has 2 heterocycles. The molecule has 19 heavy (non-hydrogen) atoms. The fourth-order valence-electron chi connectivity index (χ4n) is 3.24. The van der Waals surface area contributed by atoms with Crippen LogP contribution in [-0.2, 0) is 6.61 Å². The molecule has 1 aromatic rings. The molecule has 0 atom stereocenters. The summed E-state index contributed by atoms with van der Waals surface area (Å²) < 4.78 is 0. The molecule has 106 valence electrons. The molecule has 0 radical (unpaired) electrons. The van der Waals surface area contributed by atoms with E-state index in [4.69, 9.17) is 0 Å². The van der Waals surface area contributed by atoms with Gasteiger partial charge in [-0.05, 0) is 50.2 Å². The van der Waals surface area contributed by atoms with Gasteiger partial charge in [0.1, 0.15) is 5.82 Å². The predicted molar refractivity (Wildman–Crippen MR) is 79.5 cm³/mol. The number of hydrogen-bond donors (Lipinski definition) is 1. The van der Waals surface area contributed by atoms with E-state index < -0.39 is 0 Å². The van der Waals surface area contributed by atoms with Gasteiger partial charge in [0, 0.05) is 24.3 Å². The molecule has 1 N–H and O–H groups in total. The van der Waals surface area contributed by atoms with Gasteiger partial charge in [-0.2, -0.15) is 0 Å². The van der Waals surface area contributed by atoms with Crippen molar-refractivity contribution in [2.24, 2.45) is 5.41 Å². The Bertz CT molecular complexity index is 452. The molecule has 0 aromatic carbocycles. The van der Waals surface area contributed by atoms with Crippen LogP contribution in [-0.4, -0.2) is 23.2 Å². The van der Waals surface area contributed by atoms with Crippen LogP contribution in [0.25, 0.3) is 0 Å². The zero-order valence-corrected chi connectivity index (χ0v) is 12.7. The third kappa shape index (κ3) is 2.62. The molecule has 0 aliphatic carbocycles. The molecule has 0 bridgehead atoms. The van der Waals surface area contributed by atoms with Crippen molar-refractivity contribution >= 4 is 5.82 Å². The van der Waals surface area contributed by atoms with Gasteiger partial charge in [-0.1, -0.05) is 13.8 Å². The minimum absolute atomic E-state index is 0.0796. The maximum atomic E-state index is 9.63. The molecule has 1 aromatic heterocycles. The van der Waals surface area contributed by atoms with Crippen molar-refractivity contribution in [3.8, 4) is 0 Å². The Labute approximate surface area is 116 Å². The average molecular weight is 262 g/mol. The van der Waals surface area contributed by atoms with Crippen LogP contribution in [0.5, 0.6) is 0 Å². The van der Waals surface area contributed by atoms with Gasteiger partial charge < -0.3 is 10.0 Å². The predicted octanol–water partition coefficient (Wildman–Crippen LogP) is 3.21. The van der Waals surface area contributed by atoms with Gasteiger partial charge in [0.25, 0.3) is 0 Å². The Morgan fingerprint density at radius 3 is 2.53 bits per heavy atom. The highest BCUT2D eigenvalue weighted by molar-refractivity contribution is 5.52. The average Bonchev–Trinajstić information content (AvgIpc) is 2.83. The lowest BCUT2D eigenvalue weighted by Gasteiger charge is -2.28. The second kappa shape index (κ2) is 5.49. The summed E-state index contributed by atoms with van der Waals surface area (Å²) in [6.45, 7) is 10.9. The van der Waals surface area contributed by atoms with Gasteiger partial charge in [0.05, 0.1) is 6.61 Å². The number of rotatable bonds is 4. The summed E-state index contributed by atoms with van der Waals surface area (Å²) >= 11 is 0. The van der Waals surface area contributed by atoms with E-state index in [1.807, 2.05) is 6.92 Å². The molecule has 0 unspecified atom stereocenters. The number of hydrogen-bond acceptors (Lipinski definition) is 3. The maximum Gasteiger partial charge on any atom is 0.134 e. The van der Waals surface area contributed by atoms with Crippen molar-refractivity contribution in [3.05, 3.63) is 22.9 Å². The van der Waals surface area contributed by atoms with Crippen molar-refractivity contribution in [2.45, 2.75) is 53.6 Å². The first-order valence-electron chi connectivity index (χ1n) is 7.38. The zero-order chi connectivity index (χ0) is 14.0. The van der Waals surface area contributed by atoms with Crippen LogP contribution in [0.4, 0.5) is 5.82 Å². The number of aromatic nitrogens is 1. The summed E-state index contributed by atoms with van der Waals surface area (Å²) in [6.07, 6.45) is 3.68. The smallest absolute Gasteiger partial charge is 0.134 e. The van der Waals surface area contributed by atoms with Crippen LogP contribution >= 0.6 is 0 Å². The van der Waals surface area contributed by atoms with Gasteiger partial charge >= 0.3 is 0 Å². The molecule has 0 saturated carbocycles. The van der Waals surface area contributed by atoms with E-state index in [0.29, 0.717) is 5.41 Å². The number of aliphatic hydroxyl groups excluding tert-OH is 1. The number of aliphatic hydroxyl groups is 1. The third-order valence-corrected chi connectivity index (χ3v) is 4.85. The normalized spacial score (nSPS) is 18.1. The van der Waals surface area contributed by atoms with E-state index in [9.17, 15) is 5.11 Å². The summed E-state index contributed by atoms with van der Waals surface area (Å²) in [4.78, 5) is 7.06. The Morgan fingerprint density at radius 2 is 2.00 bits per heavy atom. The highest BCUT2D eigenvalue weighted by Gasteiger charge is 2.36. The van der Waals surface area contributed by atoms with E-state index in [0.717, 1.165) is 35.7 Å². The van der Waals surface area contributed by atoms with Crippen molar-refractivity contribution in [3.63, 3.8) is 0 Å². The summed E-state index contributed by atoms with van der Waals surface area (Å²) in [7, 11) is 0. The lowest BCUT2D eigenvalue weighted by Crippen LogP contribution is -2.28. The fourth-order valence-corrected chi connectivity index (χ4v) is 3.24. The minimum Gasteiger partial charge on any atom is -0.392 e. The number of aryl methyl sites for hydroxylation is 2. The van der Waals surface area contributed by atoms with Gasteiger partial charge in [0.15, 0.2) is 0 Å². The second-order valence-electron chi connectivity index (χ2n) is 5.92. The van der Waals surface area contributed by atoms with Crippen molar-refractivity contribution < 1.29 is 5.11 Å². The van der Waals surface area contributed by atoms with Gasteiger partial charge in [-0.25, -0.2) is 4.98 Å². The first kappa shape index (κ1) is 14.3. The maximum absolute atomic E-state index is 9.63. The molecule has 3 heteroatoms. The zero-order valence-electron chi connectivity index (χ0n) is 12.7. The topological polar surface area (TPSA) is 36.4 Å². The summed E-state index contributed by atoms with van der Waals surface area (Å²) in [5.41, 5.74) is 3.62. The Hall–Kier alpha value is -1.09. The van der Waals surface area contributed by atoms with Crippen molar-refractivity contribution in [2.75, 3.05) is 18.0 Å². The van der Waals surface area contributed by atoms with Crippen molar-refractivity contribution in [1.82, 2.24) is 4.98 Å². The first-order valence-corrected chi connectivity index (χ1v) is 7.38. The van der Waals surface area contributed by atoms with E-state index in [-0.39, 0.29) is 6.61 Å². The number of anilines is 1. The first-order chi connectivity index (χ1) is 9.05. The SMILES string of the molecule is CCC1(CC)CCN(c2nc(C)cc(C)c2CO)C1. The van der Waals surface area contributed by atoms with Crippen LogP contribution in [0.2, 0.25) is 0 Å². The molecule has 3 nitrogen and oxygen atoms in total. The van der Waals surface area contributed by atoms with E-state index in [1.54, 1.807) is 0 Å². The van der Waals surface area contributed by atoms with E-state index >= 15 is 0 Å². The molecular formula is C16H26N2O. The van der Waals surface area contributed by atoms with Crippen molar-refractivity contribution in [1.29, 1.82) is 0 Å². The highest BCUT2D eigenvalue weighted by atomic mass is 16.3. The lowest BCUT2D eigenvalue weighted by molar-refractivity contribution is 0.280. The molecule has 1 saturated heterocycles. The summed E-state index contributed by atoms with van der Waals surface area (Å²) in [5, 5.41) is 9.63. The third-order valence-electron chi connectivity index (χ3n) is 4.85. The summed E-state index contributed by atoms with van der Waals surface area (Å²) in [6, 6.07) is 2.05. The van der Waals surface area contributed by atoms with Crippen LogP contribution in [0, 0.1) is 19.3 Å². The monoisotopic (exact) mass is 262 g/mol. The molecule has 1 aliphatic heterocycles. The molecule has 2 rings (SSSR count). The molecule has 0 amide bonds. The molecule has 0 spiro atoms. The van der Waals surface area contributed by atoms with Gasteiger partial charge in [0.2, 0.25) is 0 Å². The number of pyridine rings is 1. The van der Waals surface area contributed by atoms with Crippen LogP contribution in [0.1, 0.15) is 49.9 Å². The second-order valence-corrected chi connectivity index (χ2v) is 5.92.